The van der Waals surface area contributed by atoms with Gasteiger partial charge in [0.15, 0.2) is 0 Å². The van der Waals surface area contributed by atoms with Crippen molar-refractivity contribution in [2.45, 2.75) is 13.8 Å². The second kappa shape index (κ2) is 4.79. The highest BCUT2D eigenvalue weighted by molar-refractivity contribution is 5.66. The van der Waals surface area contributed by atoms with Gasteiger partial charge in [-0.15, -0.1) is 0 Å². The van der Waals surface area contributed by atoms with Crippen molar-refractivity contribution in [3.63, 3.8) is 0 Å². The minimum Gasteiger partial charge on any atom is -0.494 e. The Bertz CT molecular complexity index is 462. The minimum atomic E-state index is 0.700. The maximum Gasteiger partial charge on any atom is 0.119 e. The van der Waals surface area contributed by atoms with E-state index in [0.717, 1.165) is 11.4 Å². The largest absolute Gasteiger partial charge is 0.494 e. The van der Waals surface area contributed by atoms with Crippen LogP contribution in [0.15, 0.2) is 42.6 Å². The average Bonchev–Trinajstić information content (AvgIpc) is 2.31. The van der Waals surface area contributed by atoms with E-state index in [-0.39, 0.29) is 0 Å². The van der Waals surface area contributed by atoms with Crippen LogP contribution in [-0.2, 0) is 0 Å². The zero-order valence-corrected chi connectivity index (χ0v) is 9.60. The molecule has 1 heterocycles. The second-order valence-electron chi connectivity index (χ2n) is 3.59. The fourth-order valence-corrected chi connectivity index (χ4v) is 1.69. The summed E-state index contributed by atoms with van der Waals surface area (Å²) in [5.41, 5.74) is 3.39. The Labute approximate surface area is 95.9 Å². The van der Waals surface area contributed by atoms with E-state index in [9.17, 15) is 0 Å². The standard InChI is InChI=1S/C14H15NO/c1-3-16-13-8-6-12(7-9-13)14-5-4-10-15-11(14)2/h4-10H,3H2,1-2H3. The highest BCUT2D eigenvalue weighted by Gasteiger charge is 2.01. The molecule has 2 aromatic rings. The first-order chi connectivity index (χ1) is 7.81. The molecule has 0 atom stereocenters. The molecule has 0 aliphatic carbocycles. The number of aryl methyl sites for hydroxylation is 1. The molecule has 2 heteroatoms. The van der Waals surface area contributed by atoms with Gasteiger partial charge in [0.05, 0.1) is 6.61 Å². The Hall–Kier alpha value is -1.83. The maximum absolute atomic E-state index is 5.41. The van der Waals surface area contributed by atoms with Gasteiger partial charge in [-0.05, 0) is 37.6 Å². The first kappa shape index (κ1) is 10.7. The molecule has 0 saturated carbocycles. The van der Waals surface area contributed by atoms with Crippen LogP contribution < -0.4 is 4.74 Å². The molecule has 0 aliphatic rings. The zero-order chi connectivity index (χ0) is 11.4. The van der Waals surface area contributed by atoms with Crippen LogP contribution in [0.4, 0.5) is 0 Å². The first-order valence-electron chi connectivity index (χ1n) is 5.46. The molecule has 16 heavy (non-hydrogen) atoms. The van der Waals surface area contributed by atoms with E-state index in [1.165, 1.54) is 11.1 Å². The van der Waals surface area contributed by atoms with Crippen molar-refractivity contribution in [3.05, 3.63) is 48.3 Å². The van der Waals surface area contributed by atoms with E-state index >= 15 is 0 Å². The van der Waals surface area contributed by atoms with Crippen LogP contribution in [0.5, 0.6) is 5.75 Å². The molecule has 2 rings (SSSR count). The summed E-state index contributed by atoms with van der Waals surface area (Å²) in [6, 6.07) is 12.2. The van der Waals surface area contributed by atoms with Crippen LogP contribution in [0.3, 0.4) is 0 Å². The van der Waals surface area contributed by atoms with Crippen molar-refractivity contribution in [2.24, 2.45) is 0 Å². The fourth-order valence-electron chi connectivity index (χ4n) is 1.69. The van der Waals surface area contributed by atoms with E-state index in [1.807, 2.05) is 38.2 Å². The van der Waals surface area contributed by atoms with Gasteiger partial charge < -0.3 is 4.74 Å². The van der Waals surface area contributed by atoms with Crippen LogP contribution in [0.2, 0.25) is 0 Å². The topological polar surface area (TPSA) is 22.1 Å². The smallest absolute Gasteiger partial charge is 0.119 e. The van der Waals surface area contributed by atoms with E-state index < -0.39 is 0 Å². The number of benzene rings is 1. The van der Waals surface area contributed by atoms with Crippen molar-refractivity contribution in [1.29, 1.82) is 0 Å². The van der Waals surface area contributed by atoms with E-state index in [4.69, 9.17) is 4.74 Å². The van der Waals surface area contributed by atoms with Crippen molar-refractivity contribution >= 4 is 0 Å². The molecule has 2 nitrogen and oxygen atoms in total. The zero-order valence-electron chi connectivity index (χ0n) is 9.60. The summed E-state index contributed by atoms with van der Waals surface area (Å²) in [5, 5.41) is 0. The predicted molar refractivity (Wildman–Crippen MR) is 65.6 cm³/mol. The van der Waals surface area contributed by atoms with Crippen LogP contribution in [0.1, 0.15) is 12.6 Å². The number of nitrogens with zero attached hydrogens (tertiary/aromatic N) is 1. The Balaban J connectivity index is 2.31. The van der Waals surface area contributed by atoms with E-state index in [2.05, 4.69) is 23.2 Å². The lowest BCUT2D eigenvalue weighted by molar-refractivity contribution is 0.340. The second-order valence-corrected chi connectivity index (χ2v) is 3.59. The van der Waals surface area contributed by atoms with Crippen LogP contribution in [0, 0.1) is 6.92 Å². The van der Waals surface area contributed by atoms with Gasteiger partial charge in [0.2, 0.25) is 0 Å². The first-order valence-corrected chi connectivity index (χ1v) is 5.46. The summed E-state index contributed by atoms with van der Waals surface area (Å²) in [7, 11) is 0. The molecule has 0 fully saturated rings. The molecule has 0 unspecified atom stereocenters. The number of aromatic nitrogens is 1. The highest BCUT2D eigenvalue weighted by atomic mass is 16.5. The van der Waals surface area contributed by atoms with E-state index in [1.54, 1.807) is 0 Å². The third-order valence-electron chi connectivity index (χ3n) is 2.48. The number of hydrogen-bond acceptors (Lipinski definition) is 2. The molecule has 0 radical (unpaired) electrons. The normalized spacial score (nSPS) is 10.1. The molecule has 82 valence electrons. The molecule has 0 aliphatic heterocycles. The molecule has 0 spiro atoms. The lowest BCUT2D eigenvalue weighted by Gasteiger charge is -2.06. The lowest BCUT2D eigenvalue weighted by Crippen LogP contribution is -1.91. The summed E-state index contributed by atoms with van der Waals surface area (Å²) in [5.74, 6) is 0.910. The quantitative estimate of drug-likeness (QED) is 0.779. The molecule has 1 aromatic heterocycles. The van der Waals surface area contributed by atoms with Gasteiger partial charge in [-0.1, -0.05) is 18.2 Å². The summed E-state index contributed by atoms with van der Waals surface area (Å²) in [4.78, 5) is 4.28. The lowest BCUT2D eigenvalue weighted by atomic mass is 10.0. The van der Waals surface area contributed by atoms with E-state index in [0.29, 0.717) is 6.61 Å². The van der Waals surface area contributed by atoms with Gasteiger partial charge in [0.25, 0.3) is 0 Å². The van der Waals surface area contributed by atoms with Gasteiger partial charge in [-0.3, -0.25) is 4.98 Å². The number of pyridine rings is 1. The van der Waals surface area contributed by atoms with Crippen molar-refractivity contribution in [3.8, 4) is 16.9 Å². The SMILES string of the molecule is CCOc1ccc(-c2cccnc2C)cc1. The number of hydrogen-bond donors (Lipinski definition) is 0. The third-order valence-corrected chi connectivity index (χ3v) is 2.48. The van der Waals surface area contributed by atoms with Crippen LogP contribution in [0.25, 0.3) is 11.1 Å². The Morgan fingerprint density at radius 2 is 1.88 bits per heavy atom. The summed E-state index contributed by atoms with van der Waals surface area (Å²) in [6.45, 7) is 4.70. The van der Waals surface area contributed by atoms with Crippen LogP contribution >= 0.6 is 0 Å². The summed E-state index contributed by atoms with van der Waals surface area (Å²) >= 11 is 0. The molecule has 0 N–H and O–H groups in total. The van der Waals surface area contributed by atoms with Gasteiger partial charge >= 0.3 is 0 Å². The number of rotatable bonds is 3. The van der Waals surface area contributed by atoms with Gasteiger partial charge in [-0.25, -0.2) is 0 Å². The maximum atomic E-state index is 5.41. The minimum absolute atomic E-state index is 0.700. The Kier molecular flexibility index (Phi) is 3.20. The molecule has 0 amide bonds. The third kappa shape index (κ3) is 2.22. The number of ether oxygens (including phenoxy) is 1. The highest BCUT2D eigenvalue weighted by Crippen LogP contribution is 2.23. The summed E-state index contributed by atoms with van der Waals surface area (Å²) < 4.78 is 5.41. The molecule has 1 aromatic carbocycles. The summed E-state index contributed by atoms with van der Waals surface area (Å²) in [6.07, 6.45) is 1.81. The monoisotopic (exact) mass is 213 g/mol. The Morgan fingerprint density at radius 3 is 2.50 bits per heavy atom. The van der Waals surface area contributed by atoms with Crippen molar-refractivity contribution in [1.82, 2.24) is 4.98 Å². The molecular weight excluding hydrogens is 198 g/mol. The average molecular weight is 213 g/mol. The van der Waals surface area contributed by atoms with Crippen LogP contribution in [-0.4, -0.2) is 11.6 Å². The molecular formula is C14H15NO. The van der Waals surface area contributed by atoms with Crippen molar-refractivity contribution in [2.75, 3.05) is 6.61 Å². The van der Waals surface area contributed by atoms with Gasteiger partial charge in [-0.2, -0.15) is 0 Å². The van der Waals surface area contributed by atoms with Gasteiger partial charge in [0.1, 0.15) is 5.75 Å². The molecule has 0 bridgehead atoms. The fraction of sp³-hybridized carbons (Fsp3) is 0.214. The molecule has 0 saturated heterocycles. The predicted octanol–water partition coefficient (Wildman–Crippen LogP) is 3.46. The van der Waals surface area contributed by atoms with Gasteiger partial charge in [0, 0.05) is 17.5 Å². The Morgan fingerprint density at radius 1 is 1.12 bits per heavy atom. The van der Waals surface area contributed by atoms with Crippen molar-refractivity contribution < 1.29 is 4.74 Å².